The van der Waals surface area contributed by atoms with E-state index >= 15 is 0 Å². The summed E-state index contributed by atoms with van der Waals surface area (Å²) >= 11 is 0. The van der Waals surface area contributed by atoms with E-state index in [0.29, 0.717) is 27.7 Å². The van der Waals surface area contributed by atoms with E-state index in [1.807, 2.05) is 30.3 Å². The first-order valence-electron chi connectivity index (χ1n) is 9.85. The largest absolute Gasteiger partial charge is 0.332 e. The third-order valence-electron chi connectivity index (χ3n) is 5.11. The van der Waals surface area contributed by atoms with Crippen molar-refractivity contribution in [2.75, 3.05) is 0 Å². The lowest BCUT2D eigenvalue weighted by atomic mass is 10.1. The zero-order valence-corrected chi connectivity index (χ0v) is 16.6. The van der Waals surface area contributed by atoms with E-state index in [4.69, 9.17) is 4.52 Å². The number of fused-ring (bicyclic) bond motifs is 1. The second kappa shape index (κ2) is 7.60. The first-order valence-corrected chi connectivity index (χ1v) is 9.85. The van der Waals surface area contributed by atoms with Crippen molar-refractivity contribution in [1.29, 1.82) is 0 Å². The lowest BCUT2D eigenvalue weighted by molar-refractivity contribution is 0.430. The Labute approximate surface area is 176 Å². The first kappa shape index (κ1) is 18.9. The highest BCUT2D eigenvalue weighted by atomic mass is 19.1. The number of aryl methyl sites for hydroxylation is 1. The molecule has 0 saturated carbocycles. The summed E-state index contributed by atoms with van der Waals surface area (Å²) in [4.78, 5) is 17.5. The molecule has 0 aliphatic carbocycles. The first-order chi connectivity index (χ1) is 15.1. The molecule has 6 nitrogen and oxygen atoms in total. The van der Waals surface area contributed by atoms with Crippen LogP contribution < -0.4 is 5.56 Å². The van der Waals surface area contributed by atoms with Gasteiger partial charge in [0.05, 0.1) is 11.1 Å². The van der Waals surface area contributed by atoms with Crippen molar-refractivity contribution in [3.05, 3.63) is 94.5 Å². The van der Waals surface area contributed by atoms with Crippen LogP contribution in [0, 0.1) is 5.82 Å². The Bertz CT molecular complexity index is 1450. The molecule has 0 radical (unpaired) electrons. The van der Waals surface area contributed by atoms with E-state index in [-0.39, 0.29) is 17.3 Å². The minimum Gasteiger partial charge on any atom is -0.332 e. The third kappa shape index (κ3) is 3.40. The van der Waals surface area contributed by atoms with Crippen LogP contribution in [0.1, 0.15) is 12.5 Å². The van der Waals surface area contributed by atoms with Gasteiger partial charge in [-0.3, -0.25) is 4.79 Å². The number of hydrogen-bond donors (Lipinski definition) is 0. The van der Waals surface area contributed by atoms with Gasteiger partial charge in [-0.25, -0.2) is 4.39 Å². The van der Waals surface area contributed by atoms with Crippen molar-refractivity contribution in [3.63, 3.8) is 0 Å². The fourth-order valence-electron chi connectivity index (χ4n) is 3.46. The molecule has 0 fully saturated rings. The molecule has 0 aliphatic heterocycles. The van der Waals surface area contributed by atoms with Gasteiger partial charge in [-0.15, -0.1) is 0 Å². The van der Waals surface area contributed by atoms with E-state index in [9.17, 15) is 9.18 Å². The van der Waals surface area contributed by atoms with E-state index in [1.165, 1.54) is 16.8 Å². The predicted octanol–water partition coefficient (Wildman–Crippen LogP) is 4.80. The molecule has 5 aromatic rings. The zero-order chi connectivity index (χ0) is 21.4. The second-order valence-corrected chi connectivity index (χ2v) is 7.06. The van der Waals surface area contributed by atoms with Crippen LogP contribution in [0.15, 0.2) is 82.1 Å². The minimum atomic E-state index is -0.392. The van der Waals surface area contributed by atoms with Crippen molar-refractivity contribution in [2.45, 2.75) is 13.3 Å². The Morgan fingerprint density at radius 3 is 2.48 bits per heavy atom. The van der Waals surface area contributed by atoms with E-state index in [0.717, 1.165) is 12.0 Å². The van der Waals surface area contributed by atoms with Gasteiger partial charge in [0.15, 0.2) is 5.69 Å². The molecule has 0 bridgehead atoms. The highest BCUT2D eigenvalue weighted by molar-refractivity contribution is 5.92. The molecule has 2 aromatic heterocycles. The third-order valence-corrected chi connectivity index (χ3v) is 5.11. The second-order valence-electron chi connectivity index (χ2n) is 7.06. The number of hydrogen-bond acceptors (Lipinski definition) is 5. The van der Waals surface area contributed by atoms with Gasteiger partial charge in [0.25, 0.3) is 11.4 Å². The molecule has 0 N–H and O–H groups in total. The van der Waals surface area contributed by atoms with Gasteiger partial charge < -0.3 is 4.52 Å². The van der Waals surface area contributed by atoms with Crippen LogP contribution in [0.5, 0.6) is 0 Å². The van der Waals surface area contributed by atoms with Gasteiger partial charge in [-0.05, 0) is 42.3 Å². The molecule has 0 saturated heterocycles. The molecule has 5 rings (SSSR count). The summed E-state index contributed by atoms with van der Waals surface area (Å²) in [7, 11) is 0. The van der Waals surface area contributed by atoms with Crippen molar-refractivity contribution < 1.29 is 8.91 Å². The van der Waals surface area contributed by atoms with E-state index in [1.54, 1.807) is 30.3 Å². The Kier molecular flexibility index (Phi) is 4.63. The number of aromatic nitrogens is 4. The highest BCUT2D eigenvalue weighted by Gasteiger charge is 2.19. The van der Waals surface area contributed by atoms with Crippen LogP contribution in [0.2, 0.25) is 0 Å². The molecule has 0 aliphatic rings. The van der Waals surface area contributed by atoms with Gasteiger partial charge in [-0.2, -0.15) is 14.8 Å². The molecular weight excluding hydrogens is 395 g/mol. The van der Waals surface area contributed by atoms with Gasteiger partial charge in [-0.1, -0.05) is 54.5 Å². The lowest BCUT2D eigenvalue weighted by Crippen LogP contribution is -2.22. The molecule has 152 valence electrons. The summed E-state index contributed by atoms with van der Waals surface area (Å²) < 4.78 is 20.4. The van der Waals surface area contributed by atoms with Crippen LogP contribution in [0.4, 0.5) is 4.39 Å². The van der Waals surface area contributed by atoms with Crippen LogP contribution >= 0.6 is 0 Å². The van der Waals surface area contributed by atoms with Crippen molar-refractivity contribution >= 4 is 10.8 Å². The Hall–Kier alpha value is -4.13. The maximum absolute atomic E-state index is 13.6. The molecule has 2 heterocycles. The smallest absolute Gasteiger partial charge is 0.279 e. The van der Waals surface area contributed by atoms with Gasteiger partial charge in [0.2, 0.25) is 5.82 Å². The molecule has 31 heavy (non-hydrogen) atoms. The van der Waals surface area contributed by atoms with Gasteiger partial charge >= 0.3 is 0 Å². The average molecular weight is 412 g/mol. The normalized spacial score (nSPS) is 11.2. The molecule has 0 amide bonds. The summed E-state index contributed by atoms with van der Waals surface area (Å²) in [6.07, 6.45) is 0.899. The van der Waals surface area contributed by atoms with Crippen molar-refractivity contribution in [2.24, 2.45) is 0 Å². The van der Waals surface area contributed by atoms with E-state index < -0.39 is 5.82 Å². The predicted molar refractivity (Wildman–Crippen MR) is 115 cm³/mol. The topological polar surface area (TPSA) is 73.8 Å². The Morgan fingerprint density at radius 1 is 0.968 bits per heavy atom. The SMILES string of the molecule is CCc1ccc(-n2nc(-c3nc(-c4cccc(F)c4)no3)c3ccccc3c2=O)cc1. The Morgan fingerprint density at radius 2 is 1.74 bits per heavy atom. The molecule has 0 unspecified atom stereocenters. The lowest BCUT2D eigenvalue weighted by Gasteiger charge is -2.09. The molecule has 3 aromatic carbocycles. The van der Waals surface area contributed by atoms with E-state index in [2.05, 4.69) is 22.2 Å². The molecule has 0 spiro atoms. The number of nitrogens with zero attached hydrogens (tertiary/aromatic N) is 4. The average Bonchev–Trinajstić information content (AvgIpc) is 3.30. The Balaban J connectivity index is 1.70. The van der Waals surface area contributed by atoms with Crippen LogP contribution in [0.25, 0.3) is 39.4 Å². The number of halogens is 1. The van der Waals surface area contributed by atoms with Gasteiger partial charge in [0, 0.05) is 10.9 Å². The maximum Gasteiger partial charge on any atom is 0.279 e. The maximum atomic E-state index is 13.6. The summed E-state index contributed by atoms with van der Waals surface area (Å²) in [5.41, 5.74) is 2.43. The van der Waals surface area contributed by atoms with Gasteiger partial charge in [0.1, 0.15) is 5.82 Å². The quantitative estimate of drug-likeness (QED) is 0.424. The zero-order valence-electron chi connectivity index (χ0n) is 16.6. The standard InChI is InChI=1S/C24H17FN4O2/c1-2-15-10-12-18(13-11-15)29-24(30)20-9-4-3-8-19(20)21(27-29)23-26-22(28-31-23)16-6-5-7-17(25)14-16/h3-14H,2H2,1H3. The van der Waals surface area contributed by atoms with Crippen molar-refractivity contribution in [3.8, 4) is 28.7 Å². The summed E-state index contributed by atoms with van der Waals surface area (Å²) in [6, 6.07) is 20.7. The number of rotatable bonds is 4. The minimum absolute atomic E-state index is 0.148. The van der Waals surface area contributed by atoms with Crippen LogP contribution in [-0.2, 0) is 6.42 Å². The molecule has 0 atom stereocenters. The fraction of sp³-hybridized carbons (Fsp3) is 0.0833. The number of benzene rings is 3. The van der Waals surface area contributed by atoms with Crippen LogP contribution in [0.3, 0.4) is 0 Å². The summed E-state index contributed by atoms with van der Waals surface area (Å²) in [6.45, 7) is 2.07. The summed E-state index contributed by atoms with van der Waals surface area (Å²) in [5.74, 6) is -0.00341. The highest BCUT2D eigenvalue weighted by Crippen LogP contribution is 2.26. The monoisotopic (exact) mass is 412 g/mol. The summed E-state index contributed by atoms with van der Waals surface area (Å²) in [5, 5.41) is 9.62. The molecular formula is C24H17FN4O2. The van der Waals surface area contributed by atoms with Crippen LogP contribution in [-0.4, -0.2) is 19.9 Å². The van der Waals surface area contributed by atoms with Crippen molar-refractivity contribution in [1.82, 2.24) is 19.9 Å². The fourth-order valence-corrected chi connectivity index (χ4v) is 3.46. The molecule has 7 heteroatoms.